The minimum atomic E-state index is 0.847. The Labute approximate surface area is 308 Å². The molecule has 11 aromatic rings. The number of hydrogen-bond donors (Lipinski definition) is 0. The molecule has 0 radical (unpaired) electrons. The van der Waals surface area contributed by atoms with Gasteiger partial charge in [0.1, 0.15) is 16.7 Å². The fraction of sp³-hybridized carbons (Fsp3) is 0. The molecule has 0 atom stereocenters. The average molecular weight is 699 g/mol. The summed E-state index contributed by atoms with van der Waals surface area (Å²) in [5.74, 6) is 0. The van der Waals surface area contributed by atoms with E-state index in [1.807, 2.05) is 35.6 Å². The summed E-state index contributed by atoms with van der Waals surface area (Å²) in [6, 6.07) is 64.1. The largest absolute Gasteiger partial charge is 0.456 e. The quantitative estimate of drug-likeness (QED) is 0.173. The van der Waals surface area contributed by atoms with Crippen molar-refractivity contribution in [3.8, 4) is 0 Å². The average Bonchev–Trinajstić information content (AvgIpc) is 3.91. The van der Waals surface area contributed by atoms with Gasteiger partial charge in [0.05, 0.1) is 21.8 Å². The van der Waals surface area contributed by atoms with Crippen LogP contribution >= 0.6 is 11.3 Å². The van der Waals surface area contributed by atoms with Crippen molar-refractivity contribution in [3.63, 3.8) is 0 Å². The van der Waals surface area contributed by atoms with Crippen molar-refractivity contribution in [1.29, 1.82) is 0 Å². The van der Waals surface area contributed by atoms with Crippen LogP contribution in [0.25, 0.3) is 64.0 Å². The minimum Gasteiger partial charge on any atom is -0.456 e. The molecular formula is C48H30N2O2S. The van der Waals surface area contributed by atoms with E-state index in [9.17, 15) is 0 Å². The van der Waals surface area contributed by atoms with Gasteiger partial charge in [0, 0.05) is 60.1 Å². The first kappa shape index (κ1) is 29.9. The van der Waals surface area contributed by atoms with Gasteiger partial charge in [-0.3, -0.25) is 0 Å². The van der Waals surface area contributed by atoms with Crippen LogP contribution in [0.15, 0.2) is 191 Å². The Morgan fingerprint density at radius 2 is 0.906 bits per heavy atom. The van der Waals surface area contributed by atoms with Crippen LogP contribution in [-0.2, 0) is 0 Å². The fourth-order valence-corrected chi connectivity index (χ4v) is 9.04. The molecule has 0 N–H and O–H groups in total. The third-order valence-electron chi connectivity index (χ3n) is 10.2. The second-order valence-corrected chi connectivity index (χ2v) is 14.4. The lowest BCUT2D eigenvalue weighted by atomic mass is 10.1. The van der Waals surface area contributed by atoms with Gasteiger partial charge in [-0.1, -0.05) is 97.1 Å². The number of furan rings is 2. The van der Waals surface area contributed by atoms with Crippen molar-refractivity contribution in [2.24, 2.45) is 0 Å². The summed E-state index contributed by atoms with van der Waals surface area (Å²) < 4.78 is 15.5. The molecule has 0 spiro atoms. The lowest BCUT2D eigenvalue weighted by Gasteiger charge is -2.26. The lowest BCUT2D eigenvalue weighted by Crippen LogP contribution is -2.10. The van der Waals surface area contributed by atoms with Crippen LogP contribution < -0.4 is 9.80 Å². The summed E-state index contributed by atoms with van der Waals surface area (Å²) in [4.78, 5) is 4.67. The molecule has 0 unspecified atom stereocenters. The van der Waals surface area contributed by atoms with Gasteiger partial charge >= 0.3 is 0 Å². The third kappa shape index (κ3) is 4.75. The second kappa shape index (κ2) is 11.9. The zero-order valence-corrected chi connectivity index (χ0v) is 29.3. The highest BCUT2D eigenvalue weighted by atomic mass is 32.1. The maximum absolute atomic E-state index is 6.67. The number of fused-ring (bicyclic) bond motifs is 9. The number of nitrogens with zero attached hydrogens (tertiary/aromatic N) is 2. The molecule has 3 heterocycles. The van der Waals surface area contributed by atoms with Crippen LogP contribution in [0, 0.1) is 0 Å². The standard InChI is InChI=1S/C48H30N2O2S/c1-3-13-31(14-4-1)49(32-15-5-2-6-16-32)33-26-28-46-40(29-33)39-20-12-22-42(48(39)53-46)50(34-25-27-37-35-17-7-9-23-43(35)51-45(37)30-34)41-21-11-19-38-36-18-8-10-24-44(36)52-47(38)41/h1-30H. The van der Waals surface area contributed by atoms with Crippen LogP contribution in [0.3, 0.4) is 0 Å². The van der Waals surface area contributed by atoms with Crippen molar-refractivity contribution in [2.75, 3.05) is 9.80 Å². The highest BCUT2D eigenvalue weighted by molar-refractivity contribution is 7.26. The second-order valence-electron chi connectivity index (χ2n) is 13.3. The SMILES string of the molecule is c1ccc(N(c2ccccc2)c2ccc3sc4c(N(c5ccc6c(c5)oc5ccccc56)c5cccc6c5oc5ccccc56)cccc4c3c2)cc1. The fourth-order valence-electron chi connectivity index (χ4n) is 7.86. The van der Waals surface area contributed by atoms with Gasteiger partial charge in [-0.05, 0) is 78.9 Å². The Kier molecular flexibility index (Phi) is 6.69. The van der Waals surface area contributed by atoms with Crippen molar-refractivity contribution >= 4 is 110 Å². The summed E-state index contributed by atoms with van der Waals surface area (Å²) in [5, 5.41) is 6.82. The number of rotatable bonds is 6. The lowest BCUT2D eigenvalue weighted by molar-refractivity contribution is 0.667. The van der Waals surface area contributed by atoms with E-state index in [4.69, 9.17) is 8.83 Å². The summed E-state index contributed by atoms with van der Waals surface area (Å²) in [6.45, 7) is 0. The first-order valence-corrected chi connectivity index (χ1v) is 18.6. The molecule has 8 aromatic carbocycles. The topological polar surface area (TPSA) is 32.8 Å². The molecule has 0 aliphatic rings. The van der Waals surface area contributed by atoms with Gasteiger partial charge < -0.3 is 18.6 Å². The highest BCUT2D eigenvalue weighted by Crippen LogP contribution is 2.49. The molecule has 0 fully saturated rings. The van der Waals surface area contributed by atoms with Gasteiger partial charge in [-0.15, -0.1) is 11.3 Å². The van der Waals surface area contributed by atoms with E-state index in [0.29, 0.717) is 0 Å². The third-order valence-corrected chi connectivity index (χ3v) is 11.4. The molecule has 11 rings (SSSR count). The number of anilines is 6. The van der Waals surface area contributed by atoms with Crippen LogP contribution in [0.1, 0.15) is 0 Å². The highest BCUT2D eigenvalue weighted by Gasteiger charge is 2.24. The number of hydrogen-bond acceptors (Lipinski definition) is 5. The normalized spacial score (nSPS) is 11.8. The number of para-hydroxylation sites is 5. The molecule has 5 heteroatoms. The van der Waals surface area contributed by atoms with Crippen LogP contribution in [-0.4, -0.2) is 0 Å². The molecule has 0 aliphatic carbocycles. The van der Waals surface area contributed by atoms with Gasteiger partial charge in [0.15, 0.2) is 5.58 Å². The summed E-state index contributed by atoms with van der Waals surface area (Å²) in [5.41, 5.74) is 9.84. The first-order valence-electron chi connectivity index (χ1n) is 17.8. The molecule has 4 nitrogen and oxygen atoms in total. The van der Waals surface area contributed by atoms with E-state index < -0.39 is 0 Å². The van der Waals surface area contributed by atoms with Crippen molar-refractivity contribution < 1.29 is 8.83 Å². The molecule has 0 saturated carbocycles. The summed E-state index contributed by atoms with van der Waals surface area (Å²) >= 11 is 1.82. The van der Waals surface area contributed by atoms with E-state index in [1.165, 1.54) is 20.2 Å². The molecule has 3 aromatic heterocycles. The van der Waals surface area contributed by atoms with E-state index >= 15 is 0 Å². The van der Waals surface area contributed by atoms with Crippen LogP contribution in [0.2, 0.25) is 0 Å². The van der Waals surface area contributed by atoms with Gasteiger partial charge in [-0.25, -0.2) is 0 Å². The molecule has 0 bridgehead atoms. The summed E-state index contributed by atoms with van der Waals surface area (Å²) in [6.07, 6.45) is 0. The monoisotopic (exact) mass is 698 g/mol. The Morgan fingerprint density at radius 3 is 1.66 bits per heavy atom. The predicted molar refractivity (Wildman–Crippen MR) is 223 cm³/mol. The Hall–Kier alpha value is -6.82. The van der Waals surface area contributed by atoms with Crippen LogP contribution in [0.4, 0.5) is 34.1 Å². The number of benzene rings is 8. The maximum atomic E-state index is 6.67. The zero-order chi connectivity index (χ0) is 34.9. The molecule has 0 aliphatic heterocycles. The molecular weight excluding hydrogens is 669 g/mol. The van der Waals surface area contributed by atoms with E-state index in [1.54, 1.807) is 0 Å². The molecule has 53 heavy (non-hydrogen) atoms. The predicted octanol–water partition coefficient (Wildman–Crippen LogP) is 14.8. The maximum Gasteiger partial charge on any atom is 0.159 e. The minimum absolute atomic E-state index is 0.847. The van der Waals surface area contributed by atoms with Crippen molar-refractivity contribution in [3.05, 3.63) is 182 Å². The van der Waals surface area contributed by atoms with E-state index in [0.717, 1.165) is 78.0 Å². The number of thiophene rings is 1. The molecule has 0 saturated heterocycles. The van der Waals surface area contributed by atoms with Crippen molar-refractivity contribution in [1.82, 2.24) is 0 Å². The van der Waals surface area contributed by atoms with Gasteiger partial charge in [0.25, 0.3) is 0 Å². The Morgan fingerprint density at radius 1 is 0.340 bits per heavy atom. The van der Waals surface area contributed by atoms with Crippen molar-refractivity contribution in [2.45, 2.75) is 0 Å². The molecule has 250 valence electrons. The van der Waals surface area contributed by atoms with E-state index in [-0.39, 0.29) is 0 Å². The Balaban J connectivity index is 1.15. The smallest absolute Gasteiger partial charge is 0.159 e. The van der Waals surface area contributed by atoms with Crippen LogP contribution in [0.5, 0.6) is 0 Å². The van der Waals surface area contributed by atoms with Gasteiger partial charge in [0.2, 0.25) is 0 Å². The zero-order valence-electron chi connectivity index (χ0n) is 28.4. The van der Waals surface area contributed by atoms with E-state index in [2.05, 4.69) is 168 Å². The molecule has 0 amide bonds. The van der Waals surface area contributed by atoms with Gasteiger partial charge in [-0.2, -0.15) is 0 Å². The first-order chi connectivity index (χ1) is 26.3. The Bertz CT molecular complexity index is 3100. The summed E-state index contributed by atoms with van der Waals surface area (Å²) in [7, 11) is 0.